The average Bonchev–Trinajstić information content (AvgIpc) is 2.87. The third-order valence-electron chi connectivity index (χ3n) is 3.42. The third-order valence-corrected chi connectivity index (χ3v) is 3.42. The van der Waals surface area contributed by atoms with Gasteiger partial charge in [-0.3, -0.25) is 4.79 Å². The van der Waals surface area contributed by atoms with Gasteiger partial charge in [-0.1, -0.05) is 13.8 Å². The third kappa shape index (κ3) is 2.97. The molecule has 2 rings (SSSR count). The molecule has 1 aromatic heterocycles. The molecule has 0 spiro atoms. The number of primary amides is 1. The monoisotopic (exact) mass is 278 g/mol. The summed E-state index contributed by atoms with van der Waals surface area (Å²) in [6, 6.07) is 0. The number of hydrogen-bond donors (Lipinski definition) is 1. The van der Waals surface area contributed by atoms with Crippen molar-refractivity contribution in [3.05, 3.63) is 5.82 Å². The number of carbonyl (C=O) groups excluding carboxylic acids is 1. The van der Waals surface area contributed by atoms with Gasteiger partial charge >= 0.3 is 0 Å². The molecule has 2 N–H and O–H groups in total. The number of aromatic nitrogens is 3. The molecule has 7 heteroatoms. The Labute approximate surface area is 119 Å². The fourth-order valence-corrected chi connectivity index (χ4v) is 2.14. The largest absolute Gasteiger partial charge is 0.369 e. The first-order chi connectivity index (χ1) is 9.38. The highest BCUT2D eigenvalue weighted by molar-refractivity contribution is 5.78. The number of nitrogens with two attached hydrogens (primary N) is 1. The molecule has 2 heterocycles. The van der Waals surface area contributed by atoms with Crippen LogP contribution in [0.15, 0.2) is 0 Å². The van der Waals surface area contributed by atoms with E-state index in [0.717, 1.165) is 18.8 Å². The van der Waals surface area contributed by atoms with Gasteiger partial charge in [0.1, 0.15) is 5.82 Å². The van der Waals surface area contributed by atoms with Crippen LogP contribution in [0.2, 0.25) is 0 Å². The Morgan fingerprint density at radius 3 is 2.55 bits per heavy atom. The van der Waals surface area contributed by atoms with Crippen molar-refractivity contribution in [2.24, 2.45) is 11.7 Å². The van der Waals surface area contributed by atoms with E-state index in [2.05, 4.69) is 28.8 Å². The molecule has 0 radical (unpaired) electrons. The molecule has 1 aliphatic rings. The van der Waals surface area contributed by atoms with Gasteiger partial charge in [-0.25, -0.2) is 0 Å². The highest BCUT2D eigenvalue weighted by atomic mass is 16.1. The van der Waals surface area contributed by atoms with E-state index in [1.54, 1.807) is 0 Å². The van der Waals surface area contributed by atoms with Crippen molar-refractivity contribution in [3.63, 3.8) is 0 Å². The Morgan fingerprint density at radius 2 is 2.05 bits per heavy atom. The topological polar surface area (TPSA) is 88.2 Å². The minimum atomic E-state index is -0.251. The summed E-state index contributed by atoms with van der Waals surface area (Å²) in [4.78, 5) is 28.6. The van der Waals surface area contributed by atoms with Gasteiger partial charge in [-0.05, 0) is 6.42 Å². The summed E-state index contributed by atoms with van der Waals surface area (Å²) in [5.41, 5.74) is 5.37. The molecule has 1 unspecified atom stereocenters. The fourth-order valence-electron chi connectivity index (χ4n) is 2.14. The molecule has 1 atom stereocenters. The number of nitrogens with zero attached hydrogens (tertiary/aromatic N) is 5. The Kier molecular flexibility index (Phi) is 4.06. The molecule has 20 heavy (non-hydrogen) atoms. The molecular formula is C13H22N6O. The van der Waals surface area contributed by atoms with Crippen molar-refractivity contribution >= 4 is 17.8 Å². The van der Waals surface area contributed by atoms with E-state index in [-0.39, 0.29) is 17.7 Å². The van der Waals surface area contributed by atoms with Crippen LogP contribution in [-0.4, -0.2) is 48.0 Å². The van der Waals surface area contributed by atoms with Crippen molar-refractivity contribution < 1.29 is 4.79 Å². The molecule has 1 aliphatic heterocycles. The van der Waals surface area contributed by atoms with Gasteiger partial charge in [0, 0.05) is 33.1 Å². The summed E-state index contributed by atoms with van der Waals surface area (Å²) in [5.74, 6) is 1.90. The van der Waals surface area contributed by atoms with Gasteiger partial charge in [-0.2, -0.15) is 15.0 Å². The zero-order valence-electron chi connectivity index (χ0n) is 12.5. The second-order valence-electron chi connectivity index (χ2n) is 5.68. The maximum atomic E-state index is 11.3. The molecule has 0 bridgehead atoms. The molecule has 7 nitrogen and oxygen atoms in total. The van der Waals surface area contributed by atoms with Crippen LogP contribution >= 0.6 is 0 Å². The standard InChI is InChI=1S/C13H22N6O/c1-8(2)11-15-12(18(3)4)17-13(16-11)19-6-5-9(7-19)10(14)20/h8-9H,5-7H2,1-4H3,(H2,14,20). The summed E-state index contributed by atoms with van der Waals surface area (Å²) in [7, 11) is 3.80. The van der Waals surface area contributed by atoms with Gasteiger partial charge < -0.3 is 15.5 Å². The molecule has 1 fully saturated rings. The van der Waals surface area contributed by atoms with Gasteiger partial charge in [0.05, 0.1) is 5.92 Å². The Bertz CT molecular complexity index is 475. The van der Waals surface area contributed by atoms with Gasteiger partial charge in [-0.15, -0.1) is 0 Å². The molecule has 0 saturated carbocycles. The van der Waals surface area contributed by atoms with E-state index in [9.17, 15) is 4.79 Å². The second-order valence-corrected chi connectivity index (χ2v) is 5.68. The molecule has 1 amide bonds. The van der Waals surface area contributed by atoms with Gasteiger partial charge in [0.2, 0.25) is 17.8 Å². The predicted octanol–water partition coefficient (Wildman–Crippen LogP) is 0.373. The summed E-state index contributed by atoms with van der Waals surface area (Å²) in [5, 5.41) is 0. The number of amides is 1. The van der Waals surface area contributed by atoms with Gasteiger partial charge in [0.15, 0.2) is 0 Å². The smallest absolute Gasteiger partial charge is 0.230 e. The van der Waals surface area contributed by atoms with Crippen molar-refractivity contribution in [2.45, 2.75) is 26.2 Å². The Balaban J connectivity index is 2.29. The van der Waals surface area contributed by atoms with E-state index >= 15 is 0 Å². The van der Waals surface area contributed by atoms with E-state index in [4.69, 9.17) is 5.73 Å². The molecule has 0 aliphatic carbocycles. The fraction of sp³-hybridized carbons (Fsp3) is 0.692. The molecule has 1 aromatic rings. The lowest BCUT2D eigenvalue weighted by Crippen LogP contribution is -2.29. The van der Waals surface area contributed by atoms with E-state index in [1.165, 1.54) is 0 Å². The average molecular weight is 278 g/mol. The van der Waals surface area contributed by atoms with E-state index in [1.807, 2.05) is 23.9 Å². The predicted molar refractivity (Wildman–Crippen MR) is 77.8 cm³/mol. The molecule has 110 valence electrons. The summed E-state index contributed by atoms with van der Waals surface area (Å²) in [6.45, 7) is 5.44. The van der Waals surface area contributed by atoms with Crippen LogP contribution in [0.4, 0.5) is 11.9 Å². The SMILES string of the molecule is CC(C)c1nc(N(C)C)nc(N2CCC(C(N)=O)C2)n1. The lowest BCUT2D eigenvalue weighted by atomic mass is 10.1. The maximum Gasteiger partial charge on any atom is 0.230 e. The van der Waals surface area contributed by atoms with Crippen molar-refractivity contribution in [3.8, 4) is 0 Å². The van der Waals surface area contributed by atoms with Crippen LogP contribution in [0.3, 0.4) is 0 Å². The summed E-state index contributed by atoms with van der Waals surface area (Å²) in [6.07, 6.45) is 0.759. The highest BCUT2D eigenvalue weighted by Crippen LogP contribution is 2.23. The molecule has 0 aromatic carbocycles. The molecular weight excluding hydrogens is 256 g/mol. The lowest BCUT2D eigenvalue weighted by molar-refractivity contribution is -0.121. The second kappa shape index (κ2) is 5.60. The number of hydrogen-bond acceptors (Lipinski definition) is 6. The lowest BCUT2D eigenvalue weighted by Gasteiger charge is -2.20. The Hall–Kier alpha value is -1.92. The normalized spacial score (nSPS) is 18.6. The van der Waals surface area contributed by atoms with Crippen LogP contribution in [0.1, 0.15) is 32.0 Å². The molecule has 1 saturated heterocycles. The van der Waals surface area contributed by atoms with Crippen LogP contribution in [0.25, 0.3) is 0 Å². The number of rotatable bonds is 4. The van der Waals surface area contributed by atoms with Crippen LogP contribution < -0.4 is 15.5 Å². The van der Waals surface area contributed by atoms with Crippen molar-refractivity contribution in [1.29, 1.82) is 0 Å². The first-order valence-electron chi connectivity index (χ1n) is 6.86. The highest BCUT2D eigenvalue weighted by Gasteiger charge is 2.29. The van der Waals surface area contributed by atoms with Crippen LogP contribution in [0, 0.1) is 5.92 Å². The van der Waals surface area contributed by atoms with Crippen LogP contribution in [-0.2, 0) is 4.79 Å². The van der Waals surface area contributed by atoms with Gasteiger partial charge in [0.25, 0.3) is 0 Å². The first-order valence-corrected chi connectivity index (χ1v) is 6.86. The quantitative estimate of drug-likeness (QED) is 0.856. The number of carbonyl (C=O) groups is 1. The first kappa shape index (κ1) is 14.5. The minimum Gasteiger partial charge on any atom is -0.369 e. The van der Waals surface area contributed by atoms with E-state index < -0.39 is 0 Å². The summed E-state index contributed by atoms with van der Waals surface area (Å²) >= 11 is 0. The van der Waals surface area contributed by atoms with Crippen molar-refractivity contribution in [2.75, 3.05) is 37.0 Å². The zero-order chi connectivity index (χ0) is 14.9. The Morgan fingerprint density at radius 1 is 1.35 bits per heavy atom. The summed E-state index contributed by atoms with van der Waals surface area (Å²) < 4.78 is 0. The van der Waals surface area contributed by atoms with E-state index in [0.29, 0.717) is 18.4 Å². The van der Waals surface area contributed by atoms with Crippen LogP contribution in [0.5, 0.6) is 0 Å². The van der Waals surface area contributed by atoms with Crippen molar-refractivity contribution in [1.82, 2.24) is 15.0 Å². The minimum absolute atomic E-state index is 0.114. The zero-order valence-corrected chi connectivity index (χ0v) is 12.5. The number of anilines is 2. The maximum absolute atomic E-state index is 11.3.